The van der Waals surface area contributed by atoms with E-state index in [1.54, 1.807) is 36.4 Å². The van der Waals surface area contributed by atoms with Crippen LogP contribution in [0, 0.1) is 90.0 Å². The summed E-state index contributed by atoms with van der Waals surface area (Å²) in [5.74, 6) is 3.48. The average molecular weight is 1930 g/mol. The molecular weight excluding hydrogens is 1790 g/mol. The summed E-state index contributed by atoms with van der Waals surface area (Å²) in [6.45, 7) is 47.1. The lowest BCUT2D eigenvalue weighted by molar-refractivity contribution is 0.130. The number of aromatic hydroxyl groups is 4. The molecule has 0 amide bonds. The van der Waals surface area contributed by atoms with Crippen LogP contribution in [0.4, 0.5) is 0 Å². The van der Waals surface area contributed by atoms with E-state index in [1.807, 2.05) is 267 Å². The van der Waals surface area contributed by atoms with Crippen LogP contribution < -0.4 is 14.2 Å². The predicted molar refractivity (Wildman–Crippen MR) is 579 cm³/mol. The molecule has 0 saturated heterocycles. The molecule has 744 valence electrons. The molecule has 0 fully saturated rings. The van der Waals surface area contributed by atoms with E-state index in [0.29, 0.717) is 52.0 Å². The van der Waals surface area contributed by atoms with Gasteiger partial charge >= 0.3 is 0 Å². The molecular formula is C122H137N7O14. The van der Waals surface area contributed by atoms with Gasteiger partial charge in [0.1, 0.15) is 75.0 Å². The first kappa shape index (κ1) is 111. The number of benzene rings is 14. The van der Waals surface area contributed by atoms with Crippen molar-refractivity contribution in [1.29, 1.82) is 0 Å². The van der Waals surface area contributed by atoms with E-state index in [1.165, 1.54) is 50.1 Å². The Balaban J connectivity index is 0.000000186. The zero-order valence-electron chi connectivity index (χ0n) is 86.6. The summed E-state index contributed by atoms with van der Waals surface area (Å²) in [7, 11) is 0. The Hall–Kier alpha value is -16.0. The number of fused-ring (bicyclic) bond motifs is 1. The molecule has 21 nitrogen and oxygen atoms in total. The van der Waals surface area contributed by atoms with Gasteiger partial charge < -0.3 is 68.5 Å². The number of ether oxygens (including phenoxy) is 3. The molecule has 0 aliphatic carbocycles. The van der Waals surface area contributed by atoms with Crippen LogP contribution >= 0.6 is 0 Å². The van der Waals surface area contributed by atoms with Crippen molar-refractivity contribution in [3.05, 3.63) is 454 Å². The van der Waals surface area contributed by atoms with E-state index in [4.69, 9.17) is 48.1 Å². The van der Waals surface area contributed by atoms with Crippen LogP contribution in [0.1, 0.15) is 213 Å². The van der Waals surface area contributed by atoms with Crippen LogP contribution in [-0.4, -0.2) is 73.3 Å². The number of rotatable bonds is 30. The maximum atomic E-state index is 9.69. The number of hydrogen-bond donors (Lipinski definition) is 4. The molecule has 0 aromatic heterocycles. The quantitative estimate of drug-likeness (QED) is 0.0241. The van der Waals surface area contributed by atoms with Crippen molar-refractivity contribution in [1.82, 2.24) is 0 Å². The van der Waals surface area contributed by atoms with Crippen molar-refractivity contribution in [2.45, 2.75) is 205 Å². The summed E-state index contributed by atoms with van der Waals surface area (Å²) in [5, 5.41) is 67.2. The monoisotopic (exact) mass is 1920 g/mol. The second-order valence-corrected chi connectivity index (χ2v) is 35.6. The third-order valence-corrected chi connectivity index (χ3v) is 22.7. The lowest BCUT2D eigenvalue weighted by atomic mass is 10.0. The molecule has 14 aromatic rings. The molecule has 21 heteroatoms. The van der Waals surface area contributed by atoms with Gasteiger partial charge in [0.2, 0.25) is 6.79 Å². The van der Waals surface area contributed by atoms with Crippen LogP contribution in [0.15, 0.2) is 339 Å². The fourth-order valence-corrected chi connectivity index (χ4v) is 13.3. The number of nitrogens with zero attached hydrogens (tertiary/aromatic N) is 7. The summed E-state index contributed by atoms with van der Waals surface area (Å²) >= 11 is 0. The van der Waals surface area contributed by atoms with Crippen molar-refractivity contribution < 1.29 is 68.5 Å². The van der Waals surface area contributed by atoms with Crippen molar-refractivity contribution in [2.24, 2.45) is 36.1 Å². The fraction of sp³-hybridized carbons (Fsp3) is 0.254. The van der Waals surface area contributed by atoms with Crippen LogP contribution in [0.3, 0.4) is 0 Å². The summed E-state index contributed by atoms with van der Waals surface area (Å²) in [6, 6.07) is 98.9. The zero-order valence-corrected chi connectivity index (χ0v) is 86.6. The molecule has 143 heavy (non-hydrogen) atoms. The molecule has 0 radical (unpaired) electrons. The summed E-state index contributed by atoms with van der Waals surface area (Å²) in [5.41, 5.74) is 34.7. The van der Waals surface area contributed by atoms with Crippen LogP contribution in [-0.2, 0) is 80.1 Å². The molecule has 4 N–H and O–H groups in total. The molecule has 1 aliphatic heterocycles. The Morgan fingerprint density at radius 2 is 0.524 bits per heavy atom. The number of phenolic OH excluding ortho intramolecular Hbond substituents is 4. The lowest BCUT2D eigenvalue weighted by Gasteiger charge is -2.13. The molecule has 0 saturated carbocycles. The second kappa shape index (κ2) is 57.5. The predicted octanol–water partition coefficient (Wildman–Crippen LogP) is 28.7. The van der Waals surface area contributed by atoms with Crippen molar-refractivity contribution in [3.8, 4) is 40.2 Å². The Morgan fingerprint density at radius 3 is 0.853 bits per heavy atom. The van der Waals surface area contributed by atoms with E-state index >= 15 is 0 Å². The molecule has 1 aliphatic rings. The van der Waals surface area contributed by atoms with E-state index in [9.17, 15) is 20.4 Å². The smallest absolute Gasteiger partial charge is 0.231 e. The fourth-order valence-electron chi connectivity index (χ4n) is 13.3. The first-order chi connectivity index (χ1) is 68.6. The van der Waals surface area contributed by atoms with Gasteiger partial charge in [-0.05, 0) is 309 Å². The maximum absolute atomic E-state index is 9.69. The third-order valence-electron chi connectivity index (χ3n) is 22.7. The molecule has 14 aromatic carbocycles. The Bertz CT molecular complexity index is 6360. The number of hydrogen-bond acceptors (Lipinski definition) is 21. The highest BCUT2D eigenvalue weighted by molar-refractivity contribution is 6.02. The zero-order chi connectivity index (χ0) is 103. The largest absolute Gasteiger partial charge is 0.508 e. The average Bonchev–Trinajstić information content (AvgIpc) is 1.73. The molecule has 15 rings (SSSR count). The first-order valence-corrected chi connectivity index (χ1v) is 47.6. The van der Waals surface area contributed by atoms with E-state index in [-0.39, 0.29) is 30.1 Å². The van der Waals surface area contributed by atoms with E-state index < -0.39 is 0 Å². The van der Waals surface area contributed by atoms with Gasteiger partial charge in [0.25, 0.3) is 0 Å². The number of phenols is 4. The number of aryl methyl sites for hydroxylation is 13. The minimum Gasteiger partial charge on any atom is -0.508 e. The summed E-state index contributed by atoms with van der Waals surface area (Å²) in [6.07, 6.45) is 0.152. The summed E-state index contributed by atoms with van der Waals surface area (Å²) in [4.78, 5) is 37.7. The van der Waals surface area contributed by atoms with Gasteiger partial charge in [-0.1, -0.05) is 306 Å². The van der Waals surface area contributed by atoms with Gasteiger partial charge in [-0.15, -0.1) is 0 Å². The van der Waals surface area contributed by atoms with Gasteiger partial charge in [-0.2, -0.15) is 0 Å². The second-order valence-electron chi connectivity index (χ2n) is 35.6. The highest BCUT2D eigenvalue weighted by Crippen LogP contribution is 2.33. The molecule has 0 atom stereocenters. The highest BCUT2D eigenvalue weighted by atomic mass is 16.7. The van der Waals surface area contributed by atoms with Gasteiger partial charge in [-0.3, -0.25) is 0 Å². The molecule has 0 spiro atoms. The molecule has 0 unspecified atom stereocenters. The van der Waals surface area contributed by atoms with Gasteiger partial charge in [0.15, 0.2) is 11.5 Å². The van der Waals surface area contributed by atoms with Gasteiger partial charge in [0, 0.05) is 27.8 Å². The van der Waals surface area contributed by atoms with Crippen molar-refractivity contribution in [2.75, 3.05) is 6.79 Å². The van der Waals surface area contributed by atoms with Crippen molar-refractivity contribution >= 4 is 40.0 Å². The van der Waals surface area contributed by atoms with E-state index in [0.717, 1.165) is 157 Å². The van der Waals surface area contributed by atoms with Gasteiger partial charge in [-0.25, -0.2) is 0 Å². The Labute approximate surface area is 844 Å². The van der Waals surface area contributed by atoms with Crippen molar-refractivity contribution in [3.63, 3.8) is 0 Å². The standard InChI is InChI=1S/C20H25NO2.C18H21NO.C17H17NO3.3C17H19NO2.C16H17NO2/c1-14(2)23-20-12-19(11-8-16(20)4)17(5)21-22-13-18-9-6-15(3)7-10-18;1-13-5-8-17(9-6-13)12-20-19-16(4)18-10-7-14(2)15(3)11-18;1-12-3-5-14(6-4-12)10-21-18-13(2)15-7-8-16-17(9-15)20-11-19-16;1-12-4-7-15(8-5-12)11-20-18-14(3)16-9-6-13(2)17(19)10-16;1-12-4-6-15(7-5-12)11-20-18-14(3)16-8-9-17(19)13(2)10-16;1-12-5-4-6-15(9-12)11-20-18-14(3)16-8-7-13(2)17(19)10-16;1-12-6-8-14(9-7-12)11-19-17-13(2)15-4-3-5-16(18)10-15/h6-12,14H,13H2,1-5H3;5-11H,12H2,1-4H3;3-9H,10-11H2,1-2H3;3*4-10,19H,11H2,1-3H3;3-10,18H,11H2,1-2H3/b21-17+;19-16+;18-13+;3*18-14+;17-13+. The van der Waals surface area contributed by atoms with Crippen LogP contribution in [0.5, 0.6) is 40.2 Å². The third kappa shape index (κ3) is 39.3. The minimum atomic E-state index is 0.152. The Morgan fingerprint density at radius 1 is 0.238 bits per heavy atom. The molecule has 0 bridgehead atoms. The minimum absolute atomic E-state index is 0.152. The van der Waals surface area contributed by atoms with Gasteiger partial charge in [0.05, 0.1) is 46.1 Å². The van der Waals surface area contributed by atoms with Crippen LogP contribution in [0.25, 0.3) is 0 Å². The maximum Gasteiger partial charge on any atom is 0.231 e. The lowest BCUT2D eigenvalue weighted by Crippen LogP contribution is -2.07. The highest BCUT2D eigenvalue weighted by Gasteiger charge is 2.16. The van der Waals surface area contributed by atoms with E-state index in [2.05, 4.69) is 189 Å². The Kier molecular flexibility index (Phi) is 44.5. The SMILES string of the molecule is C/C(=N\OCc1ccc(C)cc1)c1ccc(C)c(C)c1.C/C(=N\OCc1ccc(C)cc1)c1ccc(C)c(O)c1.C/C(=N\OCc1ccc(C)cc1)c1ccc(C)c(OC(C)C)c1.C/C(=N\OCc1ccc(C)cc1)c1ccc(O)c(C)c1.C/C(=N\OCc1ccc(C)cc1)c1ccc2c(c1)OCO2.C/C(=N\OCc1ccc(C)cc1)c1cccc(O)c1.C/C(=N\OCc1cccc(C)c1)c1ccc(C)c(O)c1. The molecule has 1 heterocycles. The number of oxime groups is 7. The van der Waals surface area contributed by atoms with Crippen LogP contribution in [0.2, 0.25) is 0 Å². The topological polar surface area (TPSA) is 260 Å². The summed E-state index contributed by atoms with van der Waals surface area (Å²) < 4.78 is 16.5. The first-order valence-electron chi connectivity index (χ1n) is 47.6. The normalized spacial score (nSPS) is 11.8.